The molecule has 0 spiro atoms. The topological polar surface area (TPSA) is 38.8 Å². The normalized spacial score (nSPS) is 17.6. The number of hydrogen-bond donors (Lipinski definition) is 0. The molecule has 0 bridgehead atoms. The van der Waals surface area contributed by atoms with Crippen molar-refractivity contribution < 1.29 is 14.3 Å². The van der Waals surface area contributed by atoms with Crippen LogP contribution in [0.4, 0.5) is 0 Å². The molecule has 22 heavy (non-hydrogen) atoms. The van der Waals surface area contributed by atoms with E-state index in [0.717, 1.165) is 24.2 Å². The first kappa shape index (κ1) is 15.3. The van der Waals surface area contributed by atoms with Crippen LogP contribution < -0.4 is 9.47 Å². The van der Waals surface area contributed by atoms with E-state index >= 15 is 0 Å². The van der Waals surface area contributed by atoms with Gasteiger partial charge in [0.25, 0.3) is 0 Å². The van der Waals surface area contributed by atoms with Crippen molar-refractivity contribution in [3.8, 4) is 11.5 Å². The van der Waals surface area contributed by atoms with Gasteiger partial charge in [-0.05, 0) is 69.9 Å². The molecule has 0 amide bonds. The Morgan fingerprint density at radius 3 is 2.73 bits per heavy atom. The maximum absolute atomic E-state index is 12.2. The number of ether oxygens (including phenoxy) is 2. The lowest BCUT2D eigenvalue weighted by molar-refractivity contribution is 0.0978. The van der Waals surface area contributed by atoms with E-state index in [1.165, 1.54) is 38.9 Å². The Hall–Kier alpha value is -1.55. The second-order valence-corrected chi connectivity index (χ2v) is 6.01. The molecule has 1 saturated heterocycles. The van der Waals surface area contributed by atoms with E-state index in [1.54, 1.807) is 6.07 Å². The Bertz CT molecular complexity index is 509. The monoisotopic (exact) mass is 302 g/mol. The third-order valence-electron chi connectivity index (χ3n) is 4.37. The minimum atomic E-state index is 0.200. The predicted molar refractivity (Wildman–Crippen MR) is 85.3 cm³/mol. The van der Waals surface area contributed by atoms with Gasteiger partial charge in [0.1, 0.15) is 0 Å². The highest BCUT2D eigenvalue weighted by Gasteiger charge is 2.16. The molecule has 0 atom stereocenters. The van der Waals surface area contributed by atoms with Crippen LogP contribution in [0.1, 0.15) is 48.9 Å². The lowest BCUT2D eigenvalue weighted by Gasteiger charge is -2.26. The zero-order chi connectivity index (χ0) is 15.2. The molecule has 0 aromatic heterocycles. The fraction of sp³-hybridized carbons (Fsp3) is 0.556. The molecule has 1 fully saturated rings. The third-order valence-corrected chi connectivity index (χ3v) is 4.37. The number of carbonyl (C=O) groups excluding carboxylic acids is 1. The number of rotatable bonds is 7. The number of fused-ring (bicyclic) bond motifs is 1. The van der Waals surface area contributed by atoms with Gasteiger partial charge in [-0.2, -0.15) is 0 Å². The summed E-state index contributed by atoms with van der Waals surface area (Å²) < 4.78 is 10.6. The van der Waals surface area contributed by atoms with Gasteiger partial charge in [-0.1, -0.05) is 6.42 Å². The fourth-order valence-electron chi connectivity index (χ4n) is 3.04. The van der Waals surface area contributed by atoms with Gasteiger partial charge in [0, 0.05) is 12.0 Å². The second kappa shape index (κ2) is 7.63. The van der Waals surface area contributed by atoms with Crippen molar-refractivity contribution >= 4 is 5.78 Å². The summed E-state index contributed by atoms with van der Waals surface area (Å²) in [4.78, 5) is 14.7. The summed E-state index contributed by atoms with van der Waals surface area (Å²) in [5.74, 6) is 1.62. The van der Waals surface area contributed by atoms with Gasteiger partial charge in [-0.15, -0.1) is 0 Å². The molecule has 0 N–H and O–H groups in total. The fourth-order valence-corrected chi connectivity index (χ4v) is 3.04. The highest BCUT2D eigenvalue weighted by Crippen LogP contribution is 2.32. The summed E-state index contributed by atoms with van der Waals surface area (Å²) in [6.45, 7) is 3.83. The van der Waals surface area contributed by atoms with Crippen molar-refractivity contribution in [2.45, 2.75) is 38.5 Å². The maximum atomic E-state index is 12.2. The van der Waals surface area contributed by atoms with E-state index in [1.807, 2.05) is 12.1 Å². The van der Waals surface area contributed by atoms with Crippen LogP contribution >= 0.6 is 0 Å². The molecule has 0 aliphatic carbocycles. The molecule has 3 rings (SSSR count). The van der Waals surface area contributed by atoms with Crippen LogP contribution in [0.15, 0.2) is 18.2 Å². The van der Waals surface area contributed by atoms with Crippen molar-refractivity contribution in [2.24, 2.45) is 0 Å². The molecule has 1 aromatic carbocycles. The predicted octanol–water partition coefficient (Wildman–Crippen LogP) is 3.46. The Morgan fingerprint density at radius 1 is 1.05 bits per heavy atom. The van der Waals surface area contributed by atoms with Crippen molar-refractivity contribution in [3.05, 3.63) is 30.2 Å². The van der Waals surface area contributed by atoms with Crippen LogP contribution in [0, 0.1) is 6.42 Å². The summed E-state index contributed by atoms with van der Waals surface area (Å²) in [5, 5.41) is 0. The molecular formula is C18H24NO3. The molecular weight excluding hydrogens is 278 g/mol. The van der Waals surface area contributed by atoms with Crippen molar-refractivity contribution in [2.75, 3.05) is 26.4 Å². The van der Waals surface area contributed by atoms with E-state index in [0.29, 0.717) is 12.2 Å². The van der Waals surface area contributed by atoms with E-state index in [4.69, 9.17) is 9.47 Å². The first-order valence-corrected chi connectivity index (χ1v) is 8.30. The SMILES string of the molecule is O=C(CCCCCN1CC[CH]CC1)c1ccc2c(c1)OCO2. The third kappa shape index (κ3) is 4.01. The molecule has 0 unspecified atom stereocenters. The molecule has 2 heterocycles. The second-order valence-electron chi connectivity index (χ2n) is 6.01. The molecule has 4 heteroatoms. The van der Waals surface area contributed by atoms with Crippen LogP contribution in [0.2, 0.25) is 0 Å². The smallest absolute Gasteiger partial charge is 0.231 e. The van der Waals surface area contributed by atoms with E-state index in [9.17, 15) is 4.79 Å². The number of likely N-dealkylation sites (tertiary alicyclic amines) is 1. The number of nitrogens with zero attached hydrogens (tertiary/aromatic N) is 1. The summed E-state index contributed by atoms with van der Waals surface area (Å²) in [6.07, 6.45) is 8.72. The Kier molecular flexibility index (Phi) is 5.33. The van der Waals surface area contributed by atoms with Crippen molar-refractivity contribution in [3.63, 3.8) is 0 Å². The highest BCUT2D eigenvalue weighted by atomic mass is 16.7. The van der Waals surface area contributed by atoms with Crippen molar-refractivity contribution in [1.29, 1.82) is 0 Å². The molecule has 1 aromatic rings. The number of Topliss-reactive ketones (excluding diaryl/α,β-unsaturated/α-hetero) is 1. The van der Waals surface area contributed by atoms with Crippen LogP contribution in [0.3, 0.4) is 0 Å². The van der Waals surface area contributed by atoms with Gasteiger partial charge in [0.05, 0.1) is 0 Å². The van der Waals surface area contributed by atoms with Crippen LogP contribution in [0.5, 0.6) is 11.5 Å². The number of hydrogen-bond acceptors (Lipinski definition) is 4. The average Bonchev–Trinajstić information content (AvgIpc) is 3.03. The number of unbranched alkanes of at least 4 members (excludes halogenated alkanes) is 2. The molecule has 4 nitrogen and oxygen atoms in total. The van der Waals surface area contributed by atoms with Crippen LogP contribution in [-0.4, -0.2) is 37.1 Å². The van der Waals surface area contributed by atoms with Gasteiger partial charge in [0.2, 0.25) is 6.79 Å². The van der Waals surface area contributed by atoms with Gasteiger partial charge < -0.3 is 14.4 Å². The highest BCUT2D eigenvalue weighted by molar-refractivity contribution is 5.96. The van der Waals surface area contributed by atoms with Crippen molar-refractivity contribution in [1.82, 2.24) is 4.90 Å². The Balaban J connectivity index is 1.35. The molecule has 2 aliphatic heterocycles. The Morgan fingerprint density at radius 2 is 1.86 bits per heavy atom. The lowest BCUT2D eigenvalue weighted by Crippen LogP contribution is -2.30. The molecule has 1 radical (unpaired) electrons. The van der Waals surface area contributed by atoms with Crippen LogP contribution in [-0.2, 0) is 0 Å². The summed E-state index contributed by atoms with van der Waals surface area (Å²) in [7, 11) is 0. The van der Waals surface area contributed by atoms with Gasteiger partial charge in [-0.25, -0.2) is 0 Å². The molecule has 0 saturated carbocycles. The zero-order valence-electron chi connectivity index (χ0n) is 13.1. The standard InChI is InChI=1S/C18H24NO3/c20-16(15-8-9-17-18(13-15)22-14-21-17)7-3-1-4-10-19-11-5-2-6-12-19/h2,8-9,13H,1,3-7,10-12,14H2. The van der Waals surface area contributed by atoms with Gasteiger partial charge in [-0.3, -0.25) is 4.79 Å². The lowest BCUT2D eigenvalue weighted by atomic mass is 10.0. The minimum Gasteiger partial charge on any atom is -0.454 e. The summed E-state index contributed by atoms with van der Waals surface area (Å²) in [6, 6.07) is 5.46. The number of carbonyl (C=O) groups is 1. The van der Waals surface area contributed by atoms with Gasteiger partial charge >= 0.3 is 0 Å². The molecule has 2 aliphatic rings. The Labute approximate surface area is 132 Å². The first-order chi connectivity index (χ1) is 10.8. The van der Waals surface area contributed by atoms with E-state index < -0.39 is 0 Å². The first-order valence-electron chi connectivity index (χ1n) is 8.30. The largest absolute Gasteiger partial charge is 0.454 e. The zero-order valence-corrected chi connectivity index (χ0v) is 13.1. The van der Waals surface area contributed by atoms with E-state index in [2.05, 4.69) is 11.3 Å². The van der Waals surface area contributed by atoms with E-state index in [-0.39, 0.29) is 12.6 Å². The van der Waals surface area contributed by atoms with Gasteiger partial charge in [0.15, 0.2) is 17.3 Å². The maximum Gasteiger partial charge on any atom is 0.231 e. The van der Waals surface area contributed by atoms with Crippen LogP contribution in [0.25, 0.3) is 0 Å². The number of ketones is 1. The molecule has 119 valence electrons. The number of piperidine rings is 1. The number of benzene rings is 1. The minimum absolute atomic E-state index is 0.200. The summed E-state index contributed by atoms with van der Waals surface area (Å²) >= 11 is 0. The average molecular weight is 302 g/mol. The summed E-state index contributed by atoms with van der Waals surface area (Å²) in [5.41, 5.74) is 0.732. The quantitative estimate of drug-likeness (QED) is 0.571.